The second-order valence-electron chi connectivity index (χ2n) is 2.74. The van der Waals surface area contributed by atoms with Crippen molar-refractivity contribution in [2.24, 2.45) is 0 Å². The molecule has 1 rings (SSSR count). The molecule has 0 saturated heterocycles. The lowest BCUT2D eigenvalue weighted by atomic mass is 10.1. The van der Waals surface area contributed by atoms with E-state index in [1.165, 1.54) is 18.2 Å². The number of anilines is 1. The van der Waals surface area contributed by atoms with E-state index in [4.69, 9.17) is 16.1 Å². The summed E-state index contributed by atoms with van der Waals surface area (Å²) in [6.45, 7) is 0. The van der Waals surface area contributed by atoms with Gasteiger partial charge >= 0.3 is 5.97 Å². The summed E-state index contributed by atoms with van der Waals surface area (Å²) in [5.74, 6) is 4.19. The van der Waals surface area contributed by atoms with E-state index in [1.54, 1.807) is 0 Å². The summed E-state index contributed by atoms with van der Waals surface area (Å²) in [5, 5.41) is 17.0. The van der Waals surface area contributed by atoms with E-state index >= 15 is 0 Å². The third kappa shape index (κ3) is 2.75. The second kappa shape index (κ2) is 4.69. The van der Waals surface area contributed by atoms with Gasteiger partial charge in [-0.1, -0.05) is 11.8 Å². The fourth-order valence-corrected chi connectivity index (χ4v) is 0.977. The number of benzene rings is 1. The number of carboxylic acids is 1. The molecule has 0 bridgehead atoms. The largest absolute Gasteiger partial charge is 0.478 e. The number of carbonyl (C=O) groups is 1. The van der Waals surface area contributed by atoms with Crippen molar-refractivity contribution in [2.75, 3.05) is 5.73 Å². The third-order valence-electron chi connectivity index (χ3n) is 1.69. The lowest BCUT2D eigenvalue weighted by Crippen LogP contribution is -1.99. The Morgan fingerprint density at radius 1 is 1.53 bits per heavy atom. The molecule has 0 aliphatic heterocycles. The number of rotatable bonds is 1. The summed E-state index contributed by atoms with van der Waals surface area (Å²) in [6.07, 6.45) is 0.0940. The van der Waals surface area contributed by atoms with E-state index in [-0.39, 0.29) is 12.0 Å². The zero-order chi connectivity index (χ0) is 11.3. The Kier molecular flexibility index (Phi) is 3.32. The number of hydrogen-bond donors (Lipinski definition) is 2. The molecule has 0 aliphatic carbocycles. The Morgan fingerprint density at radius 3 is 2.87 bits per heavy atom. The molecule has 0 aromatic heterocycles. The minimum atomic E-state index is -1.03. The average molecular weight is 200 g/mol. The van der Waals surface area contributed by atoms with Gasteiger partial charge in [0.15, 0.2) is 0 Å². The molecule has 15 heavy (non-hydrogen) atoms. The molecule has 0 heterocycles. The molecule has 0 aliphatic rings. The minimum Gasteiger partial charge on any atom is -0.478 e. The van der Waals surface area contributed by atoms with Crippen molar-refractivity contribution in [3.05, 3.63) is 29.3 Å². The van der Waals surface area contributed by atoms with Crippen LogP contribution in [0.1, 0.15) is 22.3 Å². The normalized spacial score (nSPS) is 8.47. The van der Waals surface area contributed by atoms with Crippen LogP contribution in [0, 0.1) is 23.2 Å². The quantitative estimate of drug-likeness (QED) is 0.527. The van der Waals surface area contributed by atoms with Gasteiger partial charge in [-0.2, -0.15) is 5.26 Å². The van der Waals surface area contributed by atoms with E-state index in [1.807, 2.05) is 6.07 Å². The molecule has 1 aromatic carbocycles. The van der Waals surface area contributed by atoms with Crippen molar-refractivity contribution in [3.8, 4) is 17.9 Å². The molecule has 1 aromatic rings. The number of aromatic carboxylic acids is 1. The standard InChI is InChI=1S/C11H8N2O2/c12-6-2-1-3-8-7-9(11(14)15)4-5-10(8)13/h4-5,7H,2,13H2,(H,14,15). The molecule has 0 spiro atoms. The molecule has 4 heteroatoms. The molecule has 0 fully saturated rings. The lowest BCUT2D eigenvalue weighted by molar-refractivity contribution is 0.0697. The van der Waals surface area contributed by atoms with Crippen LogP contribution >= 0.6 is 0 Å². The van der Waals surface area contributed by atoms with Gasteiger partial charge in [-0.3, -0.25) is 0 Å². The number of hydrogen-bond acceptors (Lipinski definition) is 3. The Hall–Kier alpha value is -2.46. The topological polar surface area (TPSA) is 87.1 Å². The van der Waals surface area contributed by atoms with Gasteiger partial charge in [0.1, 0.15) is 0 Å². The van der Waals surface area contributed by atoms with Gasteiger partial charge in [0.05, 0.1) is 18.1 Å². The average Bonchev–Trinajstić information content (AvgIpc) is 2.20. The van der Waals surface area contributed by atoms with Crippen molar-refractivity contribution in [1.29, 1.82) is 5.26 Å². The van der Waals surface area contributed by atoms with E-state index in [2.05, 4.69) is 11.8 Å². The summed E-state index contributed by atoms with van der Waals surface area (Å²) in [5.41, 5.74) is 6.57. The van der Waals surface area contributed by atoms with Crippen LogP contribution < -0.4 is 5.73 Å². The summed E-state index contributed by atoms with van der Waals surface area (Å²) in [4.78, 5) is 10.7. The Bertz CT molecular complexity index is 490. The Morgan fingerprint density at radius 2 is 2.27 bits per heavy atom. The first-order valence-corrected chi connectivity index (χ1v) is 4.14. The first kappa shape index (κ1) is 10.6. The minimum absolute atomic E-state index is 0.0940. The van der Waals surface area contributed by atoms with E-state index in [0.29, 0.717) is 11.3 Å². The van der Waals surface area contributed by atoms with E-state index < -0.39 is 5.97 Å². The van der Waals surface area contributed by atoms with Crippen LogP contribution in [0.15, 0.2) is 18.2 Å². The van der Waals surface area contributed by atoms with Gasteiger partial charge in [0.2, 0.25) is 0 Å². The fourth-order valence-electron chi connectivity index (χ4n) is 0.977. The van der Waals surface area contributed by atoms with Crippen molar-refractivity contribution in [2.45, 2.75) is 6.42 Å². The van der Waals surface area contributed by atoms with Crippen molar-refractivity contribution < 1.29 is 9.90 Å². The smallest absolute Gasteiger partial charge is 0.335 e. The summed E-state index contributed by atoms with van der Waals surface area (Å²) >= 11 is 0. The van der Waals surface area contributed by atoms with Gasteiger partial charge in [-0.15, -0.1) is 0 Å². The van der Waals surface area contributed by atoms with Crippen LogP contribution in [0.2, 0.25) is 0 Å². The van der Waals surface area contributed by atoms with E-state index in [9.17, 15) is 4.79 Å². The monoisotopic (exact) mass is 200 g/mol. The number of nitrogens with zero attached hydrogens (tertiary/aromatic N) is 1. The molecule has 0 amide bonds. The summed E-state index contributed by atoms with van der Waals surface area (Å²) < 4.78 is 0. The highest BCUT2D eigenvalue weighted by molar-refractivity contribution is 5.88. The molecule has 0 saturated carbocycles. The van der Waals surface area contributed by atoms with Gasteiger partial charge in [0.25, 0.3) is 0 Å². The highest BCUT2D eigenvalue weighted by Crippen LogP contribution is 2.12. The van der Waals surface area contributed by atoms with Crippen LogP contribution in [0.4, 0.5) is 5.69 Å². The van der Waals surface area contributed by atoms with Gasteiger partial charge in [0, 0.05) is 11.3 Å². The van der Waals surface area contributed by atoms with Crippen LogP contribution in [-0.4, -0.2) is 11.1 Å². The van der Waals surface area contributed by atoms with Crippen LogP contribution in [0.25, 0.3) is 0 Å². The predicted octanol–water partition coefficient (Wildman–Crippen LogP) is 1.23. The maximum absolute atomic E-state index is 10.7. The number of nitrogens with two attached hydrogens (primary N) is 1. The fraction of sp³-hybridized carbons (Fsp3) is 0.0909. The van der Waals surface area contributed by atoms with Crippen LogP contribution in [0.5, 0.6) is 0 Å². The predicted molar refractivity (Wildman–Crippen MR) is 54.9 cm³/mol. The zero-order valence-corrected chi connectivity index (χ0v) is 7.82. The summed E-state index contributed by atoms with van der Waals surface area (Å²) in [7, 11) is 0. The number of nitrogen functional groups attached to an aromatic ring is 1. The molecule has 74 valence electrons. The maximum Gasteiger partial charge on any atom is 0.335 e. The van der Waals surface area contributed by atoms with Crippen molar-refractivity contribution in [1.82, 2.24) is 0 Å². The molecule has 0 radical (unpaired) electrons. The SMILES string of the molecule is N#CCC#Cc1cc(C(=O)O)ccc1N. The zero-order valence-electron chi connectivity index (χ0n) is 7.82. The van der Waals surface area contributed by atoms with E-state index in [0.717, 1.165) is 0 Å². The number of nitriles is 1. The van der Waals surface area contributed by atoms with Crippen molar-refractivity contribution >= 4 is 11.7 Å². The molecular formula is C11H8N2O2. The molecule has 0 atom stereocenters. The molecule has 3 N–H and O–H groups in total. The second-order valence-corrected chi connectivity index (χ2v) is 2.74. The summed E-state index contributed by atoms with van der Waals surface area (Å²) in [6, 6.07) is 6.15. The first-order valence-electron chi connectivity index (χ1n) is 4.14. The number of carboxylic acid groups (broad SMARTS) is 1. The lowest BCUT2D eigenvalue weighted by Gasteiger charge is -1.99. The Balaban J connectivity index is 3.08. The maximum atomic E-state index is 10.7. The van der Waals surface area contributed by atoms with Crippen molar-refractivity contribution in [3.63, 3.8) is 0 Å². The highest BCUT2D eigenvalue weighted by Gasteiger charge is 2.04. The Labute approximate surface area is 86.9 Å². The molecular weight excluding hydrogens is 192 g/mol. The highest BCUT2D eigenvalue weighted by atomic mass is 16.4. The third-order valence-corrected chi connectivity index (χ3v) is 1.69. The van der Waals surface area contributed by atoms with Gasteiger partial charge < -0.3 is 10.8 Å². The molecule has 0 unspecified atom stereocenters. The first-order chi connectivity index (χ1) is 7.15. The van der Waals surface area contributed by atoms with Crippen LogP contribution in [-0.2, 0) is 0 Å². The van der Waals surface area contributed by atoms with Gasteiger partial charge in [-0.25, -0.2) is 4.79 Å². The van der Waals surface area contributed by atoms with Crippen LogP contribution in [0.3, 0.4) is 0 Å². The molecule has 4 nitrogen and oxygen atoms in total. The van der Waals surface area contributed by atoms with Gasteiger partial charge in [-0.05, 0) is 18.2 Å².